The summed E-state index contributed by atoms with van der Waals surface area (Å²) < 4.78 is 0. The van der Waals surface area contributed by atoms with Crippen LogP contribution in [0.1, 0.15) is 52.9 Å². The van der Waals surface area contributed by atoms with Gasteiger partial charge >= 0.3 is 0 Å². The molecule has 0 bridgehead atoms. The molecule has 0 spiro atoms. The lowest BCUT2D eigenvalue weighted by Gasteiger charge is -2.39. The molecule has 2 aliphatic rings. The first-order chi connectivity index (χ1) is 8.38. The van der Waals surface area contributed by atoms with Gasteiger partial charge in [-0.1, -0.05) is 20.8 Å². The van der Waals surface area contributed by atoms with E-state index < -0.39 is 0 Å². The third-order valence-corrected chi connectivity index (χ3v) is 4.85. The molecule has 0 aromatic rings. The standard InChI is InChI=1S/C15H28N2O.ClH/c1-15(2,3)12-6-8-17(9-7-12)14(18)11-4-5-13(16)10-11;/h11-13H,4-10,16H2,1-3H3;1H. The summed E-state index contributed by atoms with van der Waals surface area (Å²) in [5.74, 6) is 1.34. The van der Waals surface area contributed by atoms with Crippen LogP contribution in [0.4, 0.5) is 0 Å². The van der Waals surface area contributed by atoms with Crippen molar-refractivity contribution in [2.24, 2.45) is 23.0 Å². The van der Waals surface area contributed by atoms with Crippen LogP contribution in [0.5, 0.6) is 0 Å². The summed E-state index contributed by atoms with van der Waals surface area (Å²) in [4.78, 5) is 14.5. The molecular formula is C15H29ClN2O. The molecule has 2 rings (SSSR count). The molecule has 1 heterocycles. The minimum Gasteiger partial charge on any atom is -0.342 e. The Morgan fingerprint density at radius 3 is 2.11 bits per heavy atom. The molecule has 2 N–H and O–H groups in total. The van der Waals surface area contributed by atoms with E-state index in [9.17, 15) is 4.79 Å². The monoisotopic (exact) mass is 288 g/mol. The molecule has 2 atom stereocenters. The van der Waals surface area contributed by atoms with Crippen molar-refractivity contribution in [3.63, 3.8) is 0 Å². The maximum atomic E-state index is 12.4. The van der Waals surface area contributed by atoms with Crippen LogP contribution in [0.15, 0.2) is 0 Å². The van der Waals surface area contributed by atoms with Crippen LogP contribution in [-0.2, 0) is 4.79 Å². The van der Waals surface area contributed by atoms with Crippen LogP contribution < -0.4 is 5.73 Å². The Morgan fingerprint density at radius 2 is 1.68 bits per heavy atom. The van der Waals surface area contributed by atoms with Gasteiger partial charge in [-0.3, -0.25) is 4.79 Å². The Labute approximate surface area is 123 Å². The lowest BCUT2D eigenvalue weighted by Crippen LogP contribution is -2.43. The van der Waals surface area contributed by atoms with Gasteiger partial charge < -0.3 is 10.6 Å². The number of piperidine rings is 1. The van der Waals surface area contributed by atoms with E-state index in [1.807, 2.05) is 0 Å². The molecule has 4 heteroatoms. The van der Waals surface area contributed by atoms with Crippen LogP contribution in [0.2, 0.25) is 0 Å². The Balaban J connectivity index is 0.00000180. The van der Waals surface area contributed by atoms with Gasteiger partial charge in [0, 0.05) is 25.0 Å². The average molecular weight is 289 g/mol. The summed E-state index contributed by atoms with van der Waals surface area (Å²) in [6, 6.07) is 0.256. The molecule has 0 aromatic heterocycles. The molecule has 1 saturated carbocycles. The minimum atomic E-state index is 0. The first-order valence-electron chi connectivity index (χ1n) is 7.42. The smallest absolute Gasteiger partial charge is 0.225 e. The van der Waals surface area contributed by atoms with Gasteiger partial charge in [0.1, 0.15) is 0 Å². The molecule has 112 valence electrons. The fourth-order valence-electron chi connectivity index (χ4n) is 3.46. The third-order valence-electron chi connectivity index (χ3n) is 4.85. The van der Waals surface area contributed by atoms with Gasteiger partial charge in [-0.25, -0.2) is 0 Å². The molecule has 0 aromatic carbocycles. The highest BCUT2D eigenvalue weighted by Gasteiger charge is 2.35. The predicted octanol–water partition coefficient (Wildman–Crippen LogP) is 2.82. The van der Waals surface area contributed by atoms with Gasteiger partial charge in [0.15, 0.2) is 0 Å². The van der Waals surface area contributed by atoms with E-state index >= 15 is 0 Å². The van der Waals surface area contributed by atoms with E-state index in [-0.39, 0.29) is 24.4 Å². The molecule has 1 aliphatic carbocycles. The third kappa shape index (κ3) is 4.09. The summed E-state index contributed by atoms with van der Waals surface area (Å²) in [5.41, 5.74) is 6.28. The number of amides is 1. The molecule has 19 heavy (non-hydrogen) atoms. The topological polar surface area (TPSA) is 46.3 Å². The molecule has 2 unspecified atom stereocenters. The van der Waals surface area contributed by atoms with Crippen LogP contribution in [0.25, 0.3) is 0 Å². The zero-order chi connectivity index (χ0) is 13.3. The van der Waals surface area contributed by atoms with Crippen molar-refractivity contribution in [2.75, 3.05) is 13.1 Å². The van der Waals surface area contributed by atoms with Crippen molar-refractivity contribution in [1.82, 2.24) is 4.90 Å². The number of nitrogens with zero attached hydrogens (tertiary/aromatic N) is 1. The van der Waals surface area contributed by atoms with Crippen molar-refractivity contribution >= 4 is 18.3 Å². The van der Waals surface area contributed by atoms with Gasteiger partial charge in [-0.15, -0.1) is 12.4 Å². The van der Waals surface area contributed by atoms with E-state index in [2.05, 4.69) is 25.7 Å². The maximum Gasteiger partial charge on any atom is 0.225 e. The fourth-order valence-corrected chi connectivity index (χ4v) is 3.46. The zero-order valence-corrected chi connectivity index (χ0v) is 13.3. The second kappa shape index (κ2) is 6.45. The van der Waals surface area contributed by atoms with Crippen LogP contribution in [0.3, 0.4) is 0 Å². The van der Waals surface area contributed by atoms with Crippen LogP contribution >= 0.6 is 12.4 Å². The molecule has 0 radical (unpaired) electrons. The molecule has 1 amide bonds. The van der Waals surface area contributed by atoms with Gasteiger partial charge in [-0.05, 0) is 43.4 Å². The quantitative estimate of drug-likeness (QED) is 0.806. The number of hydrogen-bond acceptors (Lipinski definition) is 2. The zero-order valence-electron chi connectivity index (χ0n) is 12.5. The summed E-state index contributed by atoms with van der Waals surface area (Å²) in [7, 11) is 0. The highest BCUT2D eigenvalue weighted by Crippen LogP contribution is 2.35. The Hall–Kier alpha value is -0.280. The van der Waals surface area contributed by atoms with Crippen molar-refractivity contribution in [1.29, 1.82) is 0 Å². The van der Waals surface area contributed by atoms with E-state index in [1.165, 1.54) is 0 Å². The van der Waals surface area contributed by atoms with Crippen molar-refractivity contribution in [2.45, 2.75) is 58.9 Å². The minimum absolute atomic E-state index is 0. The van der Waals surface area contributed by atoms with Crippen LogP contribution in [0, 0.1) is 17.3 Å². The number of carbonyl (C=O) groups is 1. The number of halogens is 1. The summed E-state index contributed by atoms with van der Waals surface area (Å²) in [6.07, 6.45) is 5.24. The number of hydrogen-bond donors (Lipinski definition) is 1. The number of rotatable bonds is 1. The van der Waals surface area contributed by atoms with Gasteiger partial charge in [0.2, 0.25) is 5.91 Å². The molecule has 2 fully saturated rings. The van der Waals surface area contributed by atoms with E-state index in [4.69, 9.17) is 5.73 Å². The van der Waals surface area contributed by atoms with Crippen molar-refractivity contribution in [3.8, 4) is 0 Å². The highest BCUT2D eigenvalue weighted by molar-refractivity contribution is 5.85. The number of carbonyl (C=O) groups excluding carboxylic acids is 1. The first-order valence-corrected chi connectivity index (χ1v) is 7.42. The van der Waals surface area contributed by atoms with Gasteiger partial charge in [-0.2, -0.15) is 0 Å². The average Bonchev–Trinajstić information content (AvgIpc) is 2.74. The van der Waals surface area contributed by atoms with Gasteiger partial charge in [0.05, 0.1) is 0 Å². The number of likely N-dealkylation sites (tertiary alicyclic amines) is 1. The normalized spacial score (nSPS) is 29.2. The van der Waals surface area contributed by atoms with Crippen molar-refractivity contribution < 1.29 is 4.79 Å². The maximum absolute atomic E-state index is 12.4. The van der Waals surface area contributed by atoms with Gasteiger partial charge in [0.25, 0.3) is 0 Å². The largest absolute Gasteiger partial charge is 0.342 e. The molecule has 3 nitrogen and oxygen atoms in total. The Bertz CT molecular complexity index is 306. The first kappa shape index (κ1) is 16.8. The SMILES string of the molecule is CC(C)(C)C1CCN(C(=O)C2CCC(N)C2)CC1.Cl. The summed E-state index contributed by atoms with van der Waals surface area (Å²) in [6.45, 7) is 8.83. The lowest BCUT2D eigenvalue weighted by atomic mass is 9.75. The molecule has 1 saturated heterocycles. The second-order valence-electron chi connectivity index (χ2n) is 7.24. The van der Waals surface area contributed by atoms with E-state index in [0.29, 0.717) is 11.3 Å². The second-order valence-corrected chi connectivity index (χ2v) is 7.24. The highest BCUT2D eigenvalue weighted by atomic mass is 35.5. The van der Waals surface area contributed by atoms with Crippen LogP contribution in [-0.4, -0.2) is 29.9 Å². The Kier molecular flexibility index (Phi) is 5.69. The predicted molar refractivity (Wildman–Crippen MR) is 81.3 cm³/mol. The molecular weight excluding hydrogens is 260 g/mol. The van der Waals surface area contributed by atoms with Crippen molar-refractivity contribution in [3.05, 3.63) is 0 Å². The van der Waals surface area contributed by atoms with E-state index in [1.54, 1.807) is 0 Å². The van der Waals surface area contributed by atoms with E-state index in [0.717, 1.165) is 51.1 Å². The summed E-state index contributed by atoms with van der Waals surface area (Å²) in [5, 5.41) is 0. The molecule has 1 aliphatic heterocycles. The lowest BCUT2D eigenvalue weighted by molar-refractivity contribution is -0.137. The Morgan fingerprint density at radius 1 is 1.11 bits per heavy atom. The number of nitrogens with two attached hydrogens (primary N) is 1. The fraction of sp³-hybridized carbons (Fsp3) is 0.933. The summed E-state index contributed by atoms with van der Waals surface area (Å²) >= 11 is 0.